The van der Waals surface area contributed by atoms with Crippen molar-refractivity contribution >= 4 is 15.5 Å². The van der Waals surface area contributed by atoms with Crippen molar-refractivity contribution in [3.05, 3.63) is 24.3 Å². The molecule has 0 saturated heterocycles. The van der Waals surface area contributed by atoms with Crippen LogP contribution in [0, 0.1) is 0 Å². The van der Waals surface area contributed by atoms with Gasteiger partial charge in [-0.2, -0.15) is 0 Å². The fourth-order valence-electron chi connectivity index (χ4n) is 0.991. The summed E-state index contributed by atoms with van der Waals surface area (Å²) in [6.45, 7) is 0. The van der Waals surface area contributed by atoms with Gasteiger partial charge in [0.15, 0.2) is 9.84 Å². The van der Waals surface area contributed by atoms with Crippen molar-refractivity contribution in [1.29, 1.82) is 0 Å². The van der Waals surface area contributed by atoms with E-state index in [2.05, 4.69) is 0 Å². The maximum atomic E-state index is 11.1. The lowest BCUT2D eigenvalue weighted by Crippen LogP contribution is -2.08. The molecule has 1 aromatic rings. The first-order chi connectivity index (χ1) is 5.91. The summed E-state index contributed by atoms with van der Waals surface area (Å²) in [4.78, 5) is 2.28. The second-order valence-electron chi connectivity index (χ2n) is 3.16. The van der Waals surface area contributed by atoms with Gasteiger partial charge in [-0.25, -0.2) is 8.42 Å². The van der Waals surface area contributed by atoms with Crippen LogP contribution in [0.1, 0.15) is 0 Å². The van der Waals surface area contributed by atoms with Gasteiger partial charge in [-0.05, 0) is 24.3 Å². The van der Waals surface area contributed by atoms with E-state index in [9.17, 15) is 8.42 Å². The topological polar surface area (TPSA) is 37.4 Å². The highest BCUT2D eigenvalue weighted by Gasteiger charge is 2.05. The molecule has 4 heteroatoms. The summed E-state index contributed by atoms with van der Waals surface area (Å²) in [6.07, 6.45) is 1.21. The molecule has 0 bridgehead atoms. The first-order valence-electron chi connectivity index (χ1n) is 3.89. The van der Waals surface area contributed by atoms with Gasteiger partial charge >= 0.3 is 0 Å². The Labute approximate surface area is 78.9 Å². The van der Waals surface area contributed by atoms with E-state index < -0.39 is 9.84 Å². The molecular weight excluding hydrogens is 186 g/mol. The second kappa shape index (κ2) is 3.38. The number of hydrogen-bond acceptors (Lipinski definition) is 3. The van der Waals surface area contributed by atoms with Gasteiger partial charge in [-0.15, -0.1) is 0 Å². The summed E-state index contributed by atoms with van der Waals surface area (Å²) in [5.41, 5.74) is 0.993. The van der Waals surface area contributed by atoms with Crippen LogP contribution in [0.5, 0.6) is 0 Å². The quantitative estimate of drug-likeness (QED) is 0.717. The van der Waals surface area contributed by atoms with Crippen molar-refractivity contribution in [2.24, 2.45) is 0 Å². The van der Waals surface area contributed by atoms with Crippen LogP contribution in [0.25, 0.3) is 0 Å². The molecule has 0 aliphatic heterocycles. The Bertz CT molecular complexity index is 379. The minimum atomic E-state index is -3.06. The summed E-state index contributed by atoms with van der Waals surface area (Å²) in [5, 5.41) is 0. The van der Waals surface area contributed by atoms with Crippen LogP contribution in [-0.4, -0.2) is 28.8 Å². The second-order valence-corrected chi connectivity index (χ2v) is 5.18. The molecule has 1 rings (SSSR count). The molecule has 0 aliphatic carbocycles. The zero-order valence-electron chi connectivity index (χ0n) is 7.98. The van der Waals surface area contributed by atoms with Gasteiger partial charge in [0.1, 0.15) is 0 Å². The van der Waals surface area contributed by atoms with E-state index >= 15 is 0 Å². The smallest absolute Gasteiger partial charge is 0.175 e. The predicted molar refractivity (Wildman–Crippen MR) is 53.9 cm³/mol. The van der Waals surface area contributed by atoms with Crippen LogP contribution >= 0.6 is 0 Å². The Morgan fingerprint density at radius 3 is 1.85 bits per heavy atom. The molecule has 0 N–H and O–H groups in total. The fourth-order valence-corrected chi connectivity index (χ4v) is 1.62. The van der Waals surface area contributed by atoms with Crippen molar-refractivity contribution in [3.63, 3.8) is 0 Å². The van der Waals surface area contributed by atoms with Gasteiger partial charge in [-0.3, -0.25) is 0 Å². The van der Waals surface area contributed by atoms with Crippen molar-refractivity contribution in [1.82, 2.24) is 0 Å². The highest BCUT2D eigenvalue weighted by Crippen LogP contribution is 2.15. The Kier molecular flexibility index (Phi) is 2.61. The lowest BCUT2D eigenvalue weighted by Gasteiger charge is -2.11. The van der Waals surface area contributed by atoms with Gasteiger partial charge in [-0.1, -0.05) is 0 Å². The summed E-state index contributed by atoms with van der Waals surface area (Å²) < 4.78 is 22.2. The highest BCUT2D eigenvalue weighted by atomic mass is 32.2. The molecule has 72 valence electrons. The monoisotopic (exact) mass is 199 g/mol. The molecule has 13 heavy (non-hydrogen) atoms. The number of benzene rings is 1. The third-order valence-electron chi connectivity index (χ3n) is 1.78. The number of anilines is 1. The standard InChI is InChI=1S/C9H13NO2S/c1-10(2)8-4-6-9(7-5-8)13(3,11)12/h4-7H,1-3H3. The Balaban J connectivity index is 3.08. The molecule has 0 spiro atoms. The molecule has 0 unspecified atom stereocenters. The molecule has 3 nitrogen and oxygen atoms in total. The van der Waals surface area contributed by atoms with Crippen molar-refractivity contribution in [3.8, 4) is 0 Å². The molecule has 0 heterocycles. The lowest BCUT2D eigenvalue weighted by atomic mass is 10.3. The molecular formula is C9H13NO2S. The molecule has 1 aromatic carbocycles. The third-order valence-corrected chi connectivity index (χ3v) is 2.91. The molecule has 0 atom stereocenters. The van der Waals surface area contributed by atoms with E-state index in [1.54, 1.807) is 24.3 Å². The van der Waals surface area contributed by atoms with E-state index in [4.69, 9.17) is 0 Å². The zero-order valence-corrected chi connectivity index (χ0v) is 8.80. The summed E-state index contributed by atoms with van der Waals surface area (Å²) in [5.74, 6) is 0. The van der Waals surface area contributed by atoms with Gasteiger partial charge in [0.05, 0.1) is 4.90 Å². The normalized spacial score (nSPS) is 11.3. The predicted octanol–water partition coefficient (Wildman–Crippen LogP) is 1.16. The molecule has 0 fully saturated rings. The molecule has 0 aliphatic rings. The number of nitrogens with zero attached hydrogens (tertiary/aromatic N) is 1. The van der Waals surface area contributed by atoms with Gasteiger partial charge < -0.3 is 4.90 Å². The lowest BCUT2D eigenvalue weighted by molar-refractivity contribution is 0.602. The van der Waals surface area contributed by atoms with E-state index in [0.29, 0.717) is 4.90 Å². The minimum Gasteiger partial charge on any atom is -0.378 e. The van der Waals surface area contributed by atoms with Crippen LogP contribution in [0.4, 0.5) is 5.69 Å². The van der Waals surface area contributed by atoms with E-state index in [-0.39, 0.29) is 0 Å². The summed E-state index contributed by atoms with van der Waals surface area (Å²) >= 11 is 0. The number of hydrogen-bond donors (Lipinski definition) is 0. The van der Waals surface area contributed by atoms with Gasteiger partial charge in [0.2, 0.25) is 0 Å². The summed E-state index contributed by atoms with van der Waals surface area (Å²) in [7, 11) is 0.761. The zero-order chi connectivity index (χ0) is 10.1. The van der Waals surface area contributed by atoms with Gasteiger partial charge in [0.25, 0.3) is 0 Å². The van der Waals surface area contributed by atoms with E-state index in [1.165, 1.54) is 6.26 Å². The fraction of sp³-hybridized carbons (Fsp3) is 0.333. The first-order valence-corrected chi connectivity index (χ1v) is 5.78. The Morgan fingerprint density at radius 2 is 1.54 bits per heavy atom. The van der Waals surface area contributed by atoms with Gasteiger partial charge in [0, 0.05) is 26.0 Å². The van der Waals surface area contributed by atoms with Crippen molar-refractivity contribution in [2.75, 3.05) is 25.3 Å². The van der Waals surface area contributed by atoms with Crippen LogP contribution in [-0.2, 0) is 9.84 Å². The van der Waals surface area contributed by atoms with Crippen molar-refractivity contribution in [2.45, 2.75) is 4.90 Å². The molecule has 0 saturated carbocycles. The highest BCUT2D eigenvalue weighted by molar-refractivity contribution is 7.90. The van der Waals surface area contributed by atoms with Crippen molar-refractivity contribution < 1.29 is 8.42 Å². The number of sulfone groups is 1. The van der Waals surface area contributed by atoms with Crippen LogP contribution < -0.4 is 4.90 Å². The third kappa shape index (κ3) is 2.45. The van der Waals surface area contributed by atoms with Crippen LogP contribution in [0.3, 0.4) is 0 Å². The maximum Gasteiger partial charge on any atom is 0.175 e. The molecule has 0 radical (unpaired) electrons. The average molecular weight is 199 g/mol. The first kappa shape index (κ1) is 10.1. The Hall–Kier alpha value is -1.03. The van der Waals surface area contributed by atoms with E-state index in [0.717, 1.165) is 5.69 Å². The SMILES string of the molecule is CN(C)c1ccc(S(C)(=O)=O)cc1. The maximum absolute atomic E-state index is 11.1. The average Bonchev–Trinajstić information content (AvgIpc) is 2.03. The van der Waals surface area contributed by atoms with E-state index in [1.807, 2.05) is 19.0 Å². The minimum absolute atomic E-state index is 0.359. The largest absolute Gasteiger partial charge is 0.378 e. The van der Waals surface area contributed by atoms with Crippen LogP contribution in [0.2, 0.25) is 0 Å². The molecule has 0 aromatic heterocycles. The Morgan fingerprint density at radius 1 is 1.08 bits per heavy atom. The number of rotatable bonds is 2. The molecule has 0 amide bonds. The summed E-state index contributed by atoms with van der Waals surface area (Å²) in [6, 6.07) is 6.81. The van der Waals surface area contributed by atoms with Crippen LogP contribution in [0.15, 0.2) is 29.2 Å².